The molecule has 1 aromatic carbocycles. The number of carbonyl (C=O) groups is 2. The first kappa shape index (κ1) is 20.9. The number of amides is 2. The lowest BCUT2D eigenvalue weighted by Gasteiger charge is -2.45. The van der Waals surface area contributed by atoms with Gasteiger partial charge in [-0.25, -0.2) is 0 Å². The van der Waals surface area contributed by atoms with Gasteiger partial charge in [0, 0.05) is 24.7 Å². The van der Waals surface area contributed by atoms with E-state index in [9.17, 15) is 9.59 Å². The highest BCUT2D eigenvalue weighted by Gasteiger charge is 2.48. The van der Waals surface area contributed by atoms with Crippen LogP contribution in [0.1, 0.15) is 55.6 Å². The van der Waals surface area contributed by atoms with Crippen molar-refractivity contribution in [3.05, 3.63) is 60.0 Å². The summed E-state index contributed by atoms with van der Waals surface area (Å²) in [5.74, 6) is 0.276. The van der Waals surface area contributed by atoms with Crippen LogP contribution >= 0.6 is 0 Å². The predicted molar refractivity (Wildman–Crippen MR) is 123 cm³/mol. The highest BCUT2D eigenvalue weighted by molar-refractivity contribution is 6.02. The smallest absolute Gasteiger partial charge is 0.271 e. The van der Waals surface area contributed by atoms with Crippen molar-refractivity contribution in [1.82, 2.24) is 14.8 Å². The topological polar surface area (TPSA) is 67.5 Å². The molecular formula is C26H31N3O3. The fourth-order valence-corrected chi connectivity index (χ4v) is 5.36. The number of hydrogen-bond acceptors (Lipinski definition) is 3. The van der Waals surface area contributed by atoms with Crippen LogP contribution in [-0.4, -0.2) is 39.4 Å². The van der Waals surface area contributed by atoms with Gasteiger partial charge in [0.25, 0.3) is 5.91 Å². The van der Waals surface area contributed by atoms with Gasteiger partial charge >= 0.3 is 0 Å². The van der Waals surface area contributed by atoms with Gasteiger partial charge < -0.3 is 19.2 Å². The zero-order chi connectivity index (χ0) is 22.3. The van der Waals surface area contributed by atoms with Gasteiger partial charge in [-0.2, -0.15) is 0 Å². The summed E-state index contributed by atoms with van der Waals surface area (Å²) >= 11 is 0. The van der Waals surface area contributed by atoms with Gasteiger partial charge in [0.1, 0.15) is 11.2 Å². The van der Waals surface area contributed by atoms with E-state index < -0.39 is 5.54 Å². The maximum Gasteiger partial charge on any atom is 0.271 e. The molecular weight excluding hydrogens is 402 g/mol. The van der Waals surface area contributed by atoms with Crippen LogP contribution < -0.4 is 5.32 Å². The zero-order valence-electron chi connectivity index (χ0n) is 18.8. The third-order valence-corrected chi connectivity index (χ3v) is 7.43. The van der Waals surface area contributed by atoms with Gasteiger partial charge in [0.2, 0.25) is 5.91 Å². The summed E-state index contributed by atoms with van der Waals surface area (Å²) in [5, 5.41) is 3.32. The molecule has 2 aliphatic rings. The molecule has 1 saturated carbocycles. The van der Waals surface area contributed by atoms with E-state index in [1.54, 1.807) is 17.2 Å². The second kappa shape index (κ2) is 8.15. The Bertz CT molecular complexity index is 1130. The minimum Gasteiger partial charge on any atom is -0.463 e. The molecule has 2 aromatic heterocycles. The van der Waals surface area contributed by atoms with Crippen LogP contribution in [0.2, 0.25) is 0 Å². The molecule has 6 nitrogen and oxygen atoms in total. The first-order valence-electron chi connectivity index (χ1n) is 11.7. The van der Waals surface area contributed by atoms with E-state index in [0.717, 1.165) is 30.3 Å². The largest absolute Gasteiger partial charge is 0.463 e. The molecule has 1 fully saturated rings. The molecule has 3 heterocycles. The van der Waals surface area contributed by atoms with Crippen LogP contribution in [0.3, 0.4) is 0 Å². The lowest BCUT2D eigenvalue weighted by atomic mass is 9.85. The van der Waals surface area contributed by atoms with E-state index in [1.807, 2.05) is 35.8 Å². The summed E-state index contributed by atoms with van der Waals surface area (Å²) in [6, 6.07) is 13.9. The van der Waals surface area contributed by atoms with Crippen LogP contribution in [0, 0.1) is 5.92 Å². The summed E-state index contributed by atoms with van der Waals surface area (Å²) in [6.45, 7) is 5.02. The fraction of sp³-hybridized carbons (Fsp3) is 0.462. The molecule has 0 bridgehead atoms. The SMILES string of the molecule is C[C@@H]1CCCC[C@H]1NC(=O)[C@]1(C)Cn2c(cc3occc32)C(=O)N1CCc1ccccc1. The Labute approximate surface area is 188 Å². The second-order valence-corrected chi connectivity index (χ2v) is 9.59. The van der Waals surface area contributed by atoms with Gasteiger partial charge in [0.05, 0.1) is 18.3 Å². The van der Waals surface area contributed by atoms with Gasteiger partial charge in [-0.3, -0.25) is 9.59 Å². The Morgan fingerprint density at radius 2 is 1.97 bits per heavy atom. The molecule has 0 radical (unpaired) electrons. The number of hydrogen-bond donors (Lipinski definition) is 1. The summed E-state index contributed by atoms with van der Waals surface area (Å²) in [7, 11) is 0. The average Bonchev–Trinajstić information content (AvgIpc) is 3.38. The van der Waals surface area contributed by atoms with Crippen LogP contribution in [0.4, 0.5) is 0 Å². The second-order valence-electron chi connectivity index (χ2n) is 9.59. The molecule has 3 aromatic rings. The van der Waals surface area contributed by atoms with Crippen molar-refractivity contribution >= 4 is 22.9 Å². The predicted octanol–water partition coefficient (Wildman–Crippen LogP) is 4.39. The van der Waals surface area contributed by atoms with Gasteiger partial charge in [0.15, 0.2) is 5.58 Å². The summed E-state index contributed by atoms with van der Waals surface area (Å²) in [6.07, 6.45) is 6.83. The van der Waals surface area contributed by atoms with Gasteiger partial charge in [-0.05, 0) is 37.7 Å². The number of aromatic nitrogens is 1. The molecule has 6 heteroatoms. The Hall–Kier alpha value is -3.02. The number of nitrogens with one attached hydrogen (secondary N) is 1. The van der Waals surface area contributed by atoms with E-state index >= 15 is 0 Å². The summed E-state index contributed by atoms with van der Waals surface area (Å²) in [4.78, 5) is 29.2. The van der Waals surface area contributed by atoms with Crippen molar-refractivity contribution in [2.75, 3.05) is 6.54 Å². The van der Waals surface area contributed by atoms with Crippen molar-refractivity contribution in [3.63, 3.8) is 0 Å². The van der Waals surface area contributed by atoms with Crippen molar-refractivity contribution in [2.24, 2.45) is 5.92 Å². The lowest BCUT2D eigenvalue weighted by molar-refractivity contribution is -0.134. The first-order chi connectivity index (χ1) is 15.5. The minimum atomic E-state index is -0.973. The molecule has 1 aliphatic heterocycles. The van der Waals surface area contributed by atoms with Crippen LogP contribution in [0.25, 0.3) is 11.1 Å². The maximum atomic E-state index is 13.8. The Balaban J connectivity index is 1.48. The van der Waals surface area contributed by atoms with Crippen molar-refractivity contribution in [2.45, 2.75) is 64.1 Å². The van der Waals surface area contributed by atoms with Crippen LogP contribution in [0.5, 0.6) is 0 Å². The number of nitrogens with zero attached hydrogens (tertiary/aromatic N) is 2. The molecule has 3 atom stereocenters. The Morgan fingerprint density at radius 3 is 2.75 bits per heavy atom. The number of furan rings is 1. The average molecular weight is 434 g/mol. The molecule has 5 rings (SSSR count). The first-order valence-corrected chi connectivity index (χ1v) is 11.7. The highest BCUT2D eigenvalue weighted by atomic mass is 16.3. The van der Waals surface area contributed by atoms with Gasteiger partial charge in [-0.15, -0.1) is 0 Å². The highest BCUT2D eigenvalue weighted by Crippen LogP contribution is 2.34. The molecule has 0 spiro atoms. The monoisotopic (exact) mass is 433 g/mol. The van der Waals surface area contributed by atoms with E-state index in [1.165, 1.54) is 6.42 Å². The Kier molecular flexibility index (Phi) is 5.31. The van der Waals surface area contributed by atoms with Crippen molar-refractivity contribution in [3.8, 4) is 0 Å². The van der Waals surface area contributed by atoms with Crippen molar-refractivity contribution < 1.29 is 14.0 Å². The molecule has 1 N–H and O–H groups in total. The molecule has 168 valence electrons. The zero-order valence-corrected chi connectivity index (χ0v) is 18.8. The fourth-order valence-electron chi connectivity index (χ4n) is 5.36. The van der Waals surface area contributed by atoms with E-state index in [4.69, 9.17) is 4.42 Å². The van der Waals surface area contributed by atoms with Crippen LogP contribution in [0.15, 0.2) is 53.1 Å². The standard InChI is InChI=1S/C26H31N3O3/c1-18-8-6-7-11-20(18)27-25(31)26(2)17-28-21-13-15-32-23(21)16-22(28)24(30)29(26)14-12-19-9-4-3-5-10-19/h3-5,9-10,13,15-16,18,20H,6-8,11-12,14,17H2,1-2H3,(H,27,31)/t18-,20-,26+/m1/s1. The quantitative estimate of drug-likeness (QED) is 0.649. The van der Waals surface area contributed by atoms with E-state index in [2.05, 4.69) is 24.4 Å². The molecule has 0 unspecified atom stereocenters. The van der Waals surface area contributed by atoms with E-state index in [0.29, 0.717) is 36.7 Å². The van der Waals surface area contributed by atoms with E-state index in [-0.39, 0.29) is 17.9 Å². The van der Waals surface area contributed by atoms with Crippen molar-refractivity contribution in [1.29, 1.82) is 0 Å². The van der Waals surface area contributed by atoms with Gasteiger partial charge in [-0.1, -0.05) is 50.1 Å². The number of carbonyl (C=O) groups excluding carboxylic acids is 2. The molecule has 2 amide bonds. The number of rotatable bonds is 5. The summed E-state index contributed by atoms with van der Waals surface area (Å²) < 4.78 is 7.50. The third-order valence-electron chi connectivity index (χ3n) is 7.43. The number of benzene rings is 1. The molecule has 0 saturated heterocycles. The minimum absolute atomic E-state index is 0.0614. The summed E-state index contributed by atoms with van der Waals surface area (Å²) in [5.41, 5.74) is 2.31. The lowest BCUT2D eigenvalue weighted by Crippen LogP contribution is -2.65. The normalized spacial score (nSPS) is 25.7. The Morgan fingerprint density at radius 1 is 1.19 bits per heavy atom. The molecule has 32 heavy (non-hydrogen) atoms. The molecule has 1 aliphatic carbocycles. The third kappa shape index (κ3) is 3.51. The number of fused-ring (bicyclic) bond motifs is 3. The maximum absolute atomic E-state index is 13.8. The van der Waals surface area contributed by atoms with Crippen LogP contribution in [-0.2, 0) is 17.8 Å².